The molecule has 0 fully saturated rings. The molecule has 116 valence electrons. The molecule has 5 nitrogen and oxygen atoms in total. The average Bonchev–Trinajstić information content (AvgIpc) is 2.48. The fourth-order valence-corrected chi connectivity index (χ4v) is 2.49. The van der Waals surface area contributed by atoms with E-state index in [0.29, 0.717) is 12.2 Å². The Morgan fingerprint density at radius 3 is 1.95 bits per heavy atom. The first kappa shape index (κ1) is 16.0. The summed E-state index contributed by atoms with van der Waals surface area (Å²) in [4.78, 5) is 11.8. The minimum absolute atomic E-state index is 0.274. The first-order valence-electron chi connectivity index (χ1n) is 6.74. The number of benzene rings is 2. The minimum atomic E-state index is -3.19. The number of ether oxygens (including phenoxy) is 1. The molecule has 0 radical (unpaired) electrons. The SMILES string of the molecule is CCOC(=O)c1ccc(Nc2ccc(S(C)(=O)=O)cc2)cc1. The van der Waals surface area contributed by atoms with Crippen LogP contribution in [0.5, 0.6) is 0 Å². The zero-order valence-corrected chi connectivity index (χ0v) is 13.2. The average molecular weight is 319 g/mol. The Hall–Kier alpha value is -2.34. The molecule has 0 aliphatic carbocycles. The minimum Gasteiger partial charge on any atom is -0.462 e. The van der Waals surface area contributed by atoms with Gasteiger partial charge in [0.25, 0.3) is 0 Å². The third-order valence-electron chi connectivity index (χ3n) is 2.97. The smallest absolute Gasteiger partial charge is 0.338 e. The Morgan fingerprint density at radius 1 is 1.00 bits per heavy atom. The number of hydrogen-bond acceptors (Lipinski definition) is 5. The summed E-state index contributed by atoms with van der Waals surface area (Å²) in [6.45, 7) is 2.10. The lowest BCUT2D eigenvalue weighted by Crippen LogP contribution is -2.04. The van der Waals surface area contributed by atoms with Crippen molar-refractivity contribution in [1.29, 1.82) is 0 Å². The van der Waals surface area contributed by atoms with E-state index in [0.717, 1.165) is 11.4 Å². The summed E-state index contributed by atoms with van der Waals surface area (Å²) in [6, 6.07) is 13.3. The van der Waals surface area contributed by atoms with E-state index in [9.17, 15) is 13.2 Å². The summed E-state index contributed by atoms with van der Waals surface area (Å²) in [5.41, 5.74) is 2.04. The van der Waals surface area contributed by atoms with Crippen LogP contribution in [0, 0.1) is 0 Å². The highest BCUT2D eigenvalue weighted by Crippen LogP contribution is 2.19. The van der Waals surface area contributed by atoms with Gasteiger partial charge in [-0.25, -0.2) is 13.2 Å². The fourth-order valence-electron chi connectivity index (χ4n) is 1.86. The monoisotopic (exact) mass is 319 g/mol. The maximum absolute atomic E-state index is 11.5. The molecule has 2 aromatic carbocycles. The van der Waals surface area contributed by atoms with E-state index < -0.39 is 9.84 Å². The molecule has 6 heteroatoms. The molecule has 0 unspecified atom stereocenters. The molecule has 0 saturated carbocycles. The Morgan fingerprint density at radius 2 is 1.50 bits per heavy atom. The van der Waals surface area contributed by atoms with Crippen LogP contribution in [-0.2, 0) is 14.6 Å². The lowest BCUT2D eigenvalue weighted by Gasteiger charge is -2.08. The highest BCUT2D eigenvalue weighted by Gasteiger charge is 2.07. The number of anilines is 2. The number of hydrogen-bond donors (Lipinski definition) is 1. The predicted molar refractivity (Wildman–Crippen MR) is 85.2 cm³/mol. The van der Waals surface area contributed by atoms with Gasteiger partial charge >= 0.3 is 5.97 Å². The second-order valence-electron chi connectivity index (χ2n) is 4.72. The fraction of sp³-hybridized carbons (Fsp3) is 0.188. The van der Waals surface area contributed by atoms with Crippen LogP contribution < -0.4 is 5.32 Å². The highest BCUT2D eigenvalue weighted by atomic mass is 32.2. The van der Waals surface area contributed by atoms with Gasteiger partial charge in [0.05, 0.1) is 17.1 Å². The standard InChI is InChI=1S/C16H17NO4S/c1-3-21-16(18)12-4-6-13(7-5-12)17-14-8-10-15(11-9-14)22(2,19)20/h4-11,17H,3H2,1-2H3. The Kier molecular flexibility index (Phi) is 4.82. The van der Waals surface area contributed by atoms with Gasteiger partial charge in [-0.1, -0.05) is 0 Å². The number of sulfone groups is 1. The summed E-state index contributed by atoms with van der Waals surface area (Å²) in [6.07, 6.45) is 1.17. The largest absolute Gasteiger partial charge is 0.462 e. The van der Waals surface area contributed by atoms with E-state index in [1.165, 1.54) is 6.26 Å². The summed E-state index contributed by atoms with van der Waals surface area (Å²) >= 11 is 0. The number of rotatable bonds is 5. The van der Waals surface area contributed by atoms with Gasteiger partial charge in [-0.2, -0.15) is 0 Å². The summed E-state index contributed by atoms with van der Waals surface area (Å²) < 4.78 is 27.7. The maximum Gasteiger partial charge on any atom is 0.338 e. The molecule has 0 bridgehead atoms. The first-order valence-corrected chi connectivity index (χ1v) is 8.63. The molecular weight excluding hydrogens is 302 g/mol. The predicted octanol–water partition coefficient (Wildman–Crippen LogP) is 3.01. The third-order valence-corrected chi connectivity index (χ3v) is 4.10. The van der Waals surface area contributed by atoms with Crippen LogP contribution >= 0.6 is 0 Å². The van der Waals surface area contributed by atoms with Gasteiger partial charge in [-0.3, -0.25) is 0 Å². The van der Waals surface area contributed by atoms with Crippen LogP contribution in [0.1, 0.15) is 17.3 Å². The van der Waals surface area contributed by atoms with Gasteiger partial charge in [0.1, 0.15) is 0 Å². The van der Waals surface area contributed by atoms with Gasteiger partial charge in [-0.15, -0.1) is 0 Å². The van der Waals surface area contributed by atoms with E-state index in [1.807, 2.05) is 0 Å². The second kappa shape index (κ2) is 6.62. The van der Waals surface area contributed by atoms with Crippen molar-refractivity contribution in [3.63, 3.8) is 0 Å². The van der Waals surface area contributed by atoms with Crippen molar-refractivity contribution in [1.82, 2.24) is 0 Å². The van der Waals surface area contributed by atoms with Gasteiger partial charge < -0.3 is 10.1 Å². The molecular formula is C16H17NO4S. The molecule has 0 aromatic heterocycles. The van der Waals surface area contributed by atoms with Gasteiger partial charge in [0.2, 0.25) is 0 Å². The first-order chi connectivity index (χ1) is 10.4. The van der Waals surface area contributed by atoms with Crippen molar-refractivity contribution in [2.45, 2.75) is 11.8 Å². The van der Waals surface area contributed by atoms with Crippen LogP contribution in [0.4, 0.5) is 11.4 Å². The van der Waals surface area contributed by atoms with Crippen molar-refractivity contribution >= 4 is 27.2 Å². The van der Waals surface area contributed by atoms with Crippen molar-refractivity contribution in [3.8, 4) is 0 Å². The lowest BCUT2D eigenvalue weighted by atomic mass is 10.2. The van der Waals surface area contributed by atoms with E-state index >= 15 is 0 Å². The Balaban J connectivity index is 2.09. The molecule has 2 rings (SSSR count). The number of carbonyl (C=O) groups excluding carboxylic acids is 1. The molecule has 0 amide bonds. The molecule has 2 aromatic rings. The van der Waals surface area contributed by atoms with E-state index in [2.05, 4.69) is 5.32 Å². The normalized spacial score (nSPS) is 11.0. The second-order valence-corrected chi connectivity index (χ2v) is 6.74. The molecule has 1 N–H and O–H groups in total. The van der Waals surface area contributed by atoms with Crippen molar-refractivity contribution in [2.75, 3.05) is 18.2 Å². The summed E-state index contributed by atoms with van der Waals surface area (Å²) in [5.74, 6) is -0.355. The van der Waals surface area contributed by atoms with Crippen LogP contribution in [0.2, 0.25) is 0 Å². The molecule has 0 saturated heterocycles. The zero-order chi connectivity index (χ0) is 16.2. The highest BCUT2D eigenvalue weighted by molar-refractivity contribution is 7.90. The summed E-state index contributed by atoms with van der Waals surface area (Å²) in [5, 5.41) is 3.13. The van der Waals surface area contributed by atoms with E-state index in [-0.39, 0.29) is 10.9 Å². The zero-order valence-electron chi connectivity index (χ0n) is 12.4. The van der Waals surface area contributed by atoms with Crippen molar-refractivity contribution in [3.05, 3.63) is 54.1 Å². The van der Waals surface area contributed by atoms with Gasteiger partial charge in [-0.05, 0) is 55.5 Å². The lowest BCUT2D eigenvalue weighted by molar-refractivity contribution is 0.0526. The molecule has 0 aliphatic heterocycles. The topological polar surface area (TPSA) is 72.5 Å². The molecule has 0 atom stereocenters. The van der Waals surface area contributed by atoms with E-state index in [1.54, 1.807) is 55.5 Å². The van der Waals surface area contributed by atoms with Crippen molar-refractivity contribution < 1.29 is 17.9 Å². The van der Waals surface area contributed by atoms with Gasteiger partial charge in [0.15, 0.2) is 9.84 Å². The maximum atomic E-state index is 11.5. The molecule has 22 heavy (non-hydrogen) atoms. The van der Waals surface area contributed by atoms with Crippen molar-refractivity contribution in [2.24, 2.45) is 0 Å². The van der Waals surface area contributed by atoms with Crippen LogP contribution in [0.15, 0.2) is 53.4 Å². The Bertz CT molecular complexity index is 750. The quantitative estimate of drug-likeness (QED) is 0.858. The number of nitrogens with one attached hydrogen (secondary N) is 1. The molecule has 0 heterocycles. The number of esters is 1. The van der Waals surface area contributed by atoms with Gasteiger partial charge in [0, 0.05) is 17.6 Å². The Labute approximate surface area is 129 Å². The van der Waals surface area contributed by atoms with E-state index in [4.69, 9.17) is 4.74 Å². The summed E-state index contributed by atoms with van der Waals surface area (Å²) in [7, 11) is -3.19. The third kappa shape index (κ3) is 4.08. The molecule has 0 aliphatic rings. The van der Waals surface area contributed by atoms with Crippen LogP contribution in [0.3, 0.4) is 0 Å². The molecule has 0 spiro atoms. The number of carbonyl (C=O) groups is 1. The van der Waals surface area contributed by atoms with Crippen LogP contribution in [0.25, 0.3) is 0 Å². The van der Waals surface area contributed by atoms with Crippen LogP contribution in [-0.4, -0.2) is 27.2 Å².